The minimum Gasteiger partial charge on any atom is -0.394 e. The van der Waals surface area contributed by atoms with E-state index in [2.05, 4.69) is 39.5 Å². The van der Waals surface area contributed by atoms with Gasteiger partial charge in [0, 0.05) is 42.8 Å². The van der Waals surface area contributed by atoms with Crippen LogP contribution >= 0.6 is 0 Å². The van der Waals surface area contributed by atoms with Crippen LogP contribution in [0, 0.1) is 0 Å². The van der Waals surface area contributed by atoms with Gasteiger partial charge in [0.2, 0.25) is 5.95 Å². The SMILES string of the molecule is CC(C)n1ncc2cnc(Nc3cc(NC(CO)c4ccccc4)nc(N4CCCC4)n3)cc21. The minimum absolute atomic E-state index is 0.0484. The van der Waals surface area contributed by atoms with Crippen LogP contribution in [-0.4, -0.2) is 49.5 Å². The highest BCUT2D eigenvalue weighted by atomic mass is 16.3. The van der Waals surface area contributed by atoms with Gasteiger partial charge < -0.3 is 20.6 Å². The van der Waals surface area contributed by atoms with Gasteiger partial charge in [0.1, 0.15) is 17.5 Å². The Labute approximate surface area is 198 Å². The fraction of sp³-hybridized carbons (Fsp3) is 0.360. The fourth-order valence-electron chi connectivity index (χ4n) is 4.28. The van der Waals surface area contributed by atoms with Crippen molar-refractivity contribution in [2.45, 2.75) is 38.8 Å². The Morgan fingerprint density at radius 3 is 2.47 bits per heavy atom. The lowest BCUT2D eigenvalue weighted by molar-refractivity contribution is 0.276. The van der Waals surface area contributed by atoms with Crippen molar-refractivity contribution in [2.75, 3.05) is 35.2 Å². The number of pyridine rings is 1. The number of hydrogen-bond acceptors (Lipinski definition) is 8. The summed E-state index contributed by atoms with van der Waals surface area (Å²) >= 11 is 0. The van der Waals surface area contributed by atoms with Crippen LogP contribution in [0.15, 0.2) is 54.9 Å². The number of anilines is 4. The van der Waals surface area contributed by atoms with E-state index in [-0.39, 0.29) is 18.7 Å². The molecule has 1 aliphatic rings. The van der Waals surface area contributed by atoms with E-state index < -0.39 is 0 Å². The first kappa shape index (κ1) is 22.1. The smallest absolute Gasteiger partial charge is 0.229 e. The number of aromatic nitrogens is 5. The first-order valence-electron chi connectivity index (χ1n) is 11.8. The molecule has 9 heteroatoms. The molecule has 0 spiro atoms. The average Bonchev–Trinajstić information content (AvgIpc) is 3.53. The quantitative estimate of drug-likeness (QED) is 0.359. The van der Waals surface area contributed by atoms with Gasteiger partial charge in [-0.3, -0.25) is 4.68 Å². The second-order valence-corrected chi connectivity index (χ2v) is 8.86. The van der Waals surface area contributed by atoms with Gasteiger partial charge in [0.25, 0.3) is 0 Å². The van der Waals surface area contributed by atoms with Crippen molar-refractivity contribution in [1.82, 2.24) is 24.7 Å². The lowest BCUT2D eigenvalue weighted by Gasteiger charge is -2.21. The third-order valence-electron chi connectivity index (χ3n) is 6.04. The molecule has 0 bridgehead atoms. The van der Waals surface area contributed by atoms with Gasteiger partial charge in [-0.1, -0.05) is 30.3 Å². The molecule has 34 heavy (non-hydrogen) atoms. The third-order valence-corrected chi connectivity index (χ3v) is 6.04. The first-order valence-corrected chi connectivity index (χ1v) is 11.8. The van der Waals surface area contributed by atoms with E-state index >= 15 is 0 Å². The molecule has 0 radical (unpaired) electrons. The minimum atomic E-state index is -0.273. The van der Waals surface area contributed by atoms with Gasteiger partial charge >= 0.3 is 0 Å². The van der Waals surface area contributed by atoms with Crippen molar-refractivity contribution in [3.63, 3.8) is 0 Å². The summed E-state index contributed by atoms with van der Waals surface area (Å²) in [4.78, 5) is 16.3. The van der Waals surface area contributed by atoms with Crippen LogP contribution in [-0.2, 0) is 0 Å². The topological polar surface area (TPSA) is 104 Å². The predicted octanol–water partition coefficient (Wildman–Crippen LogP) is 4.29. The van der Waals surface area contributed by atoms with E-state index in [1.165, 1.54) is 0 Å². The largest absolute Gasteiger partial charge is 0.394 e. The summed E-state index contributed by atoms with van der Waals surface area (Å²) in [6.07, 6.45) is 5.92. The number of nitrogens with one attached hydrogen (secondary N) is 2. The molecule has 1 aliphatic heterocycles. The zero-order valence-corrected chi connectivity index (χ0v) is 19.5. The summed E-state index contributed by atoms with van der Waals surface area (Å²) in [6.45, 7) is 6.03. The van der Waals surface area contributed by atoms with Crippen molar-refractivity contribution >= 4 is 34.3 Å². The van der Waals surface area contributed by atoms with E-state index in [1.807, 2.05) is 59.5 Å². The Morgan fingerprint density at radius 2 is 1.74 bits per heavy atom. The van der Waals surface area contributed by atoms with Crippen LogP contribution in [0.25, 0.3) is 10.9 Å². The Kier molecular flexibility index (Phi) is 6.27. The molecule has 176 valence electrons. The Morgan fingerprint density at radius 1 is 0.971 bits per heavy atom. The number of aliphatic hydroxyl groups is 1. The molecular weight excluding hydrogens is 428 g/mol. The molecule has 1 fully saturated rings. The molecule has 1 aromatic carbocycles. The summed E-state index contributed by atoms with van der Waals surface area (Å²) in [5.74, 6) is 2.65. The molecule has 3 aromatic heterocycles. The molecule has 3 N–H and O–H groups in total. The summed E-state index contributed by atoms with van der Waals surface area (Å²) in [7, 11) is 0. The molecule has 9 nitrogen and oxygen atoms in total. The number of hydrogen-bond donors (Lipinski definition) is 3. The molecule has 5 rings (SSSR count). The lowest BCUT2D eigenvalue weighted by atomic mass is 10.1. The van der Waals surface area contributed by atoms with E-state index in [4.69, 9.17) is 9.97 Å². The van der Waals surface area contributed by atoms with Gasteiger partial charge in [-0.15, -0.1) is 0 Å². The highest BCUT2D eigenvalue weighted by Crippen LogP contribution is 2.27. The van der Waals surface area contributed by atoms with E-state index in [9.17, 15) is 5.11 Å². The maximum atomic E-state index is 10.0. The van der Waals surface area contributed by atoms with Gasteiger partial charge in [-0.2, -0.15) is 15.1 Å². The van der Waals surface area contributed by atoms with Crippen molar-refractivity contribution in [3.8, 4) is 0 Å². The normalized spacial score (nSPS) is 14.6. The monoisotopic (exact) mass is 458 g/mol. The zero-order valence-electron chi connectivity index (χ0n) is 19.5. The zero-order chi connectivity index (χ0) is 23.5. The second-order valence-electron chi connectivity index (χ2n) is 8.86. The average molecular weight is 459 g/mol. The van der Waals surface area contributed by atoms with Crippen LogP contribution in [0.2, 0.25) is 0 Å². The first-order chi connectivity index (χ1) is 16.6. The van der Waals surface area contributed by atoms with Crippen molar-refractivity contribution < 1.29 is 5.11 Å². The Balaban J connectivity index is 1.47. The maximum absolute atomic E-state index is 10.0. The van der Waals surface area contributed by atoms with Crippen LogP contribution < -0.4 is 15.5 Å². The Bertz CT molecular complexity index is 1250. The van der Waals surface area contributed by atoms with Gasteiger partial charge in [0.05, 0.1) is 24.4 Å². The number of aliphatic hydroxyl groups excluding tert-OH is 1. The number of rotatable bonds is 8. The molecule has 1 unspecified atom stereocenters. The molecular formula is C25H30N8O. The van der Waals surface area contributed by atoms with Crippen LogP contribution in [0.4, 0.5) is 23.4 Å². The van der Waals surface area contributed by atoms with Crippen LogP contribution in [0.3, 0.4) is 0 Å². The van der Waals surface area contributed by atoms with Gasteiger partial charge in [-0.25, -0.2) is 4.98 Å². The van der Waals surface area contributed by atoms with E-state index in [0.717, 1.165) is 42.4 Å². The lowest BCUT2D eigenvalue weighted by Crippen LogP contribution is -2.22. The summed E-state index contributed by atoms with van der Waals surface area (Å²) in [5.41, 5.74) is 2.01. The third kappa shape index (κ3) is 4.65. The molecule has 4 aromatic rings. The van der Waals surface area contributed by atoms with Crippen LogP contribution in [0.1, 0.15) is 44.3 Å². The molecule has 0 saturated carbocycles. The van der Waals surface area contributed by atoms with Crippen molar-refractivity contribution in [2.24, 2.45) is 0 Å². The summed E-state index contributed by atoms with van der Waals surface area (Å²) in [5, 5.41) is 22.2. The highest BCUT2D eigenvalue weighted by molar-refractivity contribution is 5.81. The maximum Gasteiger partial charge on any atom is 0.229 e. The molecule has 1 saturated heterocycles. The standard InChI is InChI=1S/C25H30N8O/c1-17(2)33-21-12-22(26-14-19(21)15-27-33)29-24-13-23(30-25(31-24)32-10-6-7-11-32)28-20(16-34)18-8-4-3-5-9-18/h3-5,8-9,12-15,17,20,34H,6-7,10-11,16H2,1-2H3,(H2,26,28,29,30,31). The fourth-order valence-corrected chi connectivity index (χ4v) is 4.28. The highest BCUT2D eigenvalue weighted by Gasteiger charge is 2.19. The predicted molar refractivity (Wildman–Crippen MR) is 135 cm³/mol. The molecule has 1 atom stereocenters. The number of benzene rings is 1. The number of fused-ring (bicyclic) bond motifs is 1. The number of nitrogens with zero attached hydrogens (tertiary/aromatic N) is 6. The van der Waals surface area contributed by atoms with Gasteiger partial charge in [-0.05, 0) is 32.3 Å². The molecule has 4 heterocycles. The summed E-state index contributed by atoms with van der Waals surface area (Å²) in [6, 6.07) is 13.7. The molecule has 0 amide bonds. The van der Waals surface area contributed by atoms with Gasteiger partial charge in [0.15, 0.2) is 0 Å². The molecule has 0 aliphatic carbocycles. The Hall–Kier alpha value is -3.72. The van der Waals surface area contributed by atoms with Crippen molar-refractivity contribution in [1.29, 1.82) is 0 Å². The van der Waals surface area contributed by atoms with Crippen molar-refractivity contribution in [3.05, 3.63) is 60.4 Å². The van der Waals surface area contributed by atoms with Crippen LogP contribution in [0.5, 0.6) is 0 Å². The van der Waals surface area contributed by atoms with E-state index in [1.54, 1.807) is 0 Å². The summed E-state index contributed by atoms with van der Waals surface area (Å²) < 4.78 is 1.98. The second kappa shape index (κ2) is 9.64. The van der Waals surface area contributed by atoms with E-state index in [0.29, 0.717) is 23.4 Å².